The van der Waals surface area contributed by atoms with Crippen molar-refractivity contribution < 1.29 is 28.3 Å². The zero-order valence-electron chi connectivity index (χ0n) is 14.9. The number of rotatable bonds is 7. The average Bonchev–Trinajstić information content (AvgIpc) is 2.66. The number of hydrogen-bond acceptors (Lipinski definition) is 5. The third-order valence-corrected chi connectivity index (χ3v) is 3.59. The molecule has 1 atom stereocenters. The molecule has 0 unspecified atom stereocenters. The van der Waals surface area contributed by atoms with Crippen LogP contribution in [0, 0.1) is 5.82 Å². The van der Waals surface area contributed by atoms with Crippen LogP contribution in [0.1, 0.15) is 27.6 Å². The minimum atomic E-state index is -1.13. The zero-order chi connectivity index (χ0) is 20.7. The van der Waals surface area contributed by atoms with Crippen LogP contribution in [0.3, 0.4) is 0 Å². The molecule has 0 radical (unpaired) electrons. The second kappa shape index (κ2) is 9.26. The molecule has 2 aromatic rings. The van der Waals surface area contributed by atoms with E-state index in [1.807, 2.05) is 0 Å². The Morgan fingerprint density at radius 1 is 1.07 bits per heavy atom. The summed E-state index contributed by atoms with van der Waals surface area (Å²) in [6, 6.07) is 10.8. The molecule has 4 N–H and O–H groups in total. The molecule has 28 heavy (non-hydrogen) atoms. The Morgan fingerprint density at radius 2 is 1.75 bits per heavy atom. The lowest BCUT2D eigenvalue weighted by atomic mass is 10.2. The first kappa shape index (κ1) is 20.6. The molecule has 0 saturated heterocycles. The van der Waals surface area contributed by atoms with Gasteiger partial charge < -0.3 is 21.1 Å². The van der Waals surface area contributed by atoms with Gasteiger partial charge in [0.25, 0.3) is 11.8 Å². The van der Waals surface area contributed by atoms with Gasteiger partial charge in [0.2, 0.25) is 5.91 Å². The van der Waals surface area contributed by atoms with Gasteiger partial charge in [0, 0.05) is 16.8 Å². The zero-order valence-corrected chi connectivity index (χ0v) is 14.9. The van der Waals surface area contributed by atoms with Crippen LogP contribution in [-0.2, 0) is 14.3 Å². The van der Waals surface area contributed by atoms with Crippen LogP contribution < -0.4 is 16.4 Å². The number of amides is 3. The first-order valence-corrected chi connectivity index (χ1v) is 8.20. The Bertz CT molecular complexity index is 899. The quantitative estimate of drug-likeness (QED) is 0.616. The molecule has 0 aliphatic rings. The molecular weight excluding hydrogens is 369 g/mol. The van der Waals surface area contributed by atoms with E-state index in [1.165, 1.54) is 49.4 Å². The van der Waals surface area contributed by atoms with Crippen molar-refractivity contribution >= 4 is 29.4 Å². The van der Waals surface area contributed by atoms with Gasteiger partial charge in [-0.2, -0.15) is 0 Å². The molecule has 0 spiro atoms. The third kappa shape index (κ3) is 5.90. The standard InChI is InChI=1S/C19H18FN3O5/c1-11(18(26)23-15-7-5-12(6-8-15)17(21)25)28-16(24)10-22-19(27)13-3-2-4-14(20)9-13/h2-9,11H,10H2,1H3,(H2,21,25)(H,22,27)(H,23,26)/t11-/m1/s1. The molecule has 2 rings (SSSR count). The number of hydrogen-bond donors (Lipinski definition) is 3. The number of ether oxygens (including phenoxy) is 1. The van der Waals surface area contributed by atoms with Crippen LogP contribution in [0.25, 0.3) is 0 Å². The number of carbonyl (C=O) groups is 4. The molecule has 0 heterocycles. The molecule has 3 amide bonds. The van der Waals surface area contributed by atoms with Crippen molar-refractivity contribution in [2.45, 2.75) is 13.0 Å². The molecule has 8 nitrogen and oxygen atoms in total. The highest BCUT2D eigenvalue weighted by Crippen LogP contribution is 2.10. The van der Waals surface area contributed by atoms with Crippen molar-refractivity contribution in [2.24, 2.45) is 5.73 Å². The second-order valence-corrected chi connectivity index (χ2v) is 5.76. The van der Waals surface area contributed by atoms with Crippen LogP contribution in [0.15, 0.2) is 48.5 Å². The Morgan fingerprint density at radius 3 is 2.36 bits per heavy atom. The first-order valence-electron chi connectivity index (χ1n) is 8.20. The van der Waals surface area contributed by atoms with Crippen molar-refractivity contribution in [2.75, 3.05) is 11.9 Å². The van der Waals surface area contributed by atoms with E-state index in [1.54, 1.807) is 0 Å². The maximum absolute atomic E-state index is 13.1. The number of esters is 1. The lowest BCUT2D eigenvalue weighted by Gasteiger charge is -2.14. The van der Waals surface area contributed by atoms with E-state index < -0.39 is 42.2 Å². The Hall–Kier alpha value is -3.75. The highest BCUT2D eigenvalue weighted by atomic mass is 19.1. The van der Waals surface area contributed by atoms with Gasteiger partial charge in [-0.25, -0.2) is 4.39 Å². The van der Waals surface area contributed by atoms with Crippen molar-refractivity contribution in [3.63, 3.8) is 0 Å². The average molecular weight is 387 g/mol. The SMILES string of the molecule is C[C@@H](OC(=O)CNC(=O)c1cccc(F)c1)C(=O)Nc1ccc(C(N)=O)cc1. The maximum atomic E-state index is 13.1. The molecule has 0 saturated carbocycles. The lowest BCUT2D eigenvalue weighted by molar-refractivity contribution is -0.152. The highest BCUT2D eigenvalue weighted by Gasteiger charge is 2.19. The van der Waals surface area contributed by atoms with Crippen molar-refractivity contribution in [3.8, 4) is 0 Å². The van der Waals surface area contributed by atoms with Crippen LogP contribution >= 0.6 is 0 Å². The molecule has 2 aromatic carbocycles. The minimum absolute atomic E-state index is 0.0537. The van der Waals surface area contributed by atoms with Gasteiger partial charge in [0.1, 0.15) is 12.4 Å². The third-order valence-electron chi connectivity index (χ3n) is 3.59. The van der Waals surface area contributed by atoms with Crippen LogP contribution in [0.2, 0.25) is 0 Å². The predicted octanol–water partition coefficient (Wildman–Crippen LogP) is 1.22. The summed E-state index contributed by atoms with van der Waals surface area (Å²) in [6.07, 6.45) is -1.13. The molecular formula is C19H18FN3O5. The fraction of sp³-hybridized carbons (Fsp3) is 0.158. The summed E-state index contributed by atoms with van der Waals surface area (Å²) >= 11 is 0. The van der Waals surface area contributed by atoms with E-state index in [0.29, 0.717) is 5.69 Å². The van der Waals surface area contributed by atoms with Crippen LogP contribution in [-0.4, -0.2) is 36.3 Å². The number of primary amides is 1. The van der Waals surface area contributed by atoms with E-state index in [-0.39, 0.29) is 11.1 Å². The van der Waals surface area contributed by atoms with Crippen LogP contribution in [0.5, 0.6) is 0 Å². The maximum Gasteiger partial charge on any atom is 0.326 e. The fourth-order valence-electron chi connectivity index (χ4n) is 2.14. The number of halogens is 1. The molecule has 9 heteroatoms. The highest BCUT2D eigenvalue weighted by molar-refractivity contribution is 5.98. The van der Waals surface area contributed by atoms with Gasteiger partial charge in [-0.15, -0.1) is 0 Å². The van der Waals surface area contributed by atoms with Gasteiger partial charge in [-0.05, 0) is 49.4 Å². The summed E-state index contributed by atoms with van der Waals surface area (Å²) < 4.78 is 18.0. The first-order chi connectivity index (χ1) is 13.3. The number of nitrogens with one attached hydrogen (secondary N) is 2. The van der Waals surface area contributed by atoms with Crippen molar-refractivity contribution in [3.05, 3.63) is 65.5 Å². The van der Waals surface area contributed by atoms with E-state index in [2.05, 4.69) is 10.6 Å². The topological polar surface area (TPSA) is 128 Å². The van der Waals surface area contributed by atoms with Gasteiger partial charge in [0.05, 0.1) is 0 Å². The smallest absolute Gasteiger partial charge is 0.326 e. The van der Waals surface area contributed by atoms with E-state index in [0.717, 1.165) is 6.07 Å². The van der Waals surface area contributed by atoms with Crippen LogP contribution in [0.4, 0.5) is 10.1 Å². The normalized spacial score (nSPS) is 11.2. The molecule has 0 bridgehead atoms. The number of carbonyl (C=O) groups excluding carboxylic acids is 4. The van der Waals surface area contributed by atoms with E-state index in [4.69, 9.17) is 10.5 Å². The molecule has 0 fully saturated rings. The second-order valence-electron chi connectivity index (χ2n) is 5.76. The largest absolute Gasteiger partial charge is 0.451 e. The summed E-state index contributed by atoms with van der Waals surface area (Å²) in [6.45, 7) is 0.875. The summed E-state index contributed by atoms with van der Waals surface area (Å²) in [7, 11) is 0. The Labute approximate surface area is 159 Å². The number of anilines is 1. The van der Waals surface area contributed by atoms with Gasteiger partial charge in [-0.3, -0.25) is 19.2 Å². The van der Waals surface area contributed by atoms with Crippen molar-refractivity contribution in [1.82, 2.24) is 5.32 Å². The van der Waals surface area contributed by atoms with Crippen molar-refractivity contribution in [1.29, 1.82) is 0 Å². The Balaban J connectivity index is 1.81. The molecule has 0 aromatic heterocycles. The summed E-state index contributed by atoms with van der Waals surface area (Å²) in [4.78, 5) is 46.7. The summed E-state index contributed by atoms with van der Waals surface area (Å²) in [5, 5.41) is 4.79. The minimum Gasteiger partial charge on any atom is -0.451 e. The monoisotopic (exact) mass is 387 g/mol. The predicted molar refractivity (Wildman–Crippen MR) is 97.9 cm³/mol. The number of benzene rings is 2. The molecule has 146 valence electrons. The van der Waals surface area contributed by atoms with Gasteiger partial charge in [-0.1, -0.05) is 6.07 Å². The number of nitrogens with two attached hydrogens (primary N) is 1. The molecule has 0 aliphatic heterocycles. The van der Waals surface area contributed by atoms with E-state index in [9.17, 15) is 23.6 Å². The molecule has 0 aliphatic carbocycles. The Kier molecular flexibility index (Phi) is 6.80. The summed E-state index contributed by atoms with van der Waals surface area (Å²) in [5.74, 6) is -3.26. The van der Waals surface area contributed by atoms with E-state index >= 15 is 0 Å². The fourth-order valence-corrected chi connectivity index (χ4v) is 2.14. The van der Waals surface area contributed by atoms with Gasteiger partial charge >= 0.3 is 5.97 Å². The lowest BCUT2D eigenvalue weighted by Crippen LogP contribution is -2.35. The van der Waals surface area contributed by atoms with Gasteiger partial charge in [0.15, 0.2) is 6.10 Å². The summed E-state index contributed by atoms with van der Waals surface area (Å²) in [5.41, 5.74) is 5.85.